The van der Waals surface area contributed by atoms with Crippen LogP contribution in [0.2, 0.25) is 0 Å². The largest absolute Gasteiger partial charge is 0.376 e. The van der Waals surface area contributed by atoms with Crippen molar-refractivity contribution in [3.63, 3.8) is 0 Å². The van der Waals surface area contributed by atoms with E-state index >= 15 is 0 Å². The number of benzene rings is 1. The molecule has 0 spiro atoms. The first-order chi connectivity index (χ1) is 8.27. The summed E-state index contributed by atoms with van der Waals surface area (Å²) in [5, 5.41) is 3.43. The van der Waals surface area contributed by atoms with Gasteiger partial charge in [0.1, 0.15) is 0 Å². The number of piperidine rings is 1. The summed E-state index contributed by atoms with van der Waals surface area (Å²) in [5.41, 5.74) is 4.04. The van der Waals surface area contributed by atoms with Crippen LogP contribution in [0.3, 0.4) is 0 Å². The highest BCUT2D eigenvalue weighted by Crippen LogP contribution is 2.16. The van der Waals surface area contributed by atoms with E-state index in [2.05, 4.69) is 37.4 Å². The van der Waals surface area contributed by atoms with Crippen molar-refractivity contribution in [1.29, 1.82) is 0 Å². The molecule has 1 saturated heterocycles. The Labute approximate surface area is 104 Å². The van der Waals surface area contributed by atoms with Crippen molar-refractivity contribution in [2.24, 2.45) is 5.92 Å². The fourth-order valence-corrected chi connectivity index (χ4v) is 2.47. The second-order valence-corrected chi connectivity index (χ2v) is 5.10. The van der Waals surface area contributed by atoms with Crippen LogP contribution in [0, 0.1) is 19.8 Å². The molecular weight excluding hydrogens is 210 g/mol. The van der Waals surface area contributed by atoms with E-state index in [0.29, 0.717) is 5.92 Å². The topological polar surface area (TPSA) is 21.3 Å². The Kier molecular flexibility index (Phi) is 4.57. The van der Waals surface area contributed by atoms with E-state index in [4.69, 9.17) is 4.74 Å². The summed E-state index contributed by atoms with van der Waals surface area (Å²) in [6, 6.07) is 6.43. The zero-order chi connectivity index (χ0) is 12.1. The van der Waals surface area contributed by atoms with Gasteiger partial charge in [0.15, 0.2) is 0 Å². The molecule has 1 aromatic carbocycles. The Hall–Kier alpha value is -0.860. The highest BCUT2D eigenvalue weighted by Gasteiger charge is 2.13. The number of hydrogen-bond acceptors (Lipinski definition) is 2. The zero-order valence-corrected chi connectivity index (χ0v) is 11.0. The Morgan fingerprint density at radius 1 is 1.29 bits per heavy atom. The molecule has 1 fully saturated rings. The third-order valence-electron chi connectivity index (χ3n) is 3.64. The normalized spacial score (nSPS) is 20.5. The molecule has 0 amide bonds. The Morgan fingerprint density at radius 3 is 2.71 bits per heavy atom. The van der Waals surface area contributed by atoms with Crippen molar-refractivity contribution in [2.45, 2.75) is 33.3 Å². The van der Waals surface area contributed by atoms with Crippen molar-refractivity contribution in [3.05, 3.63) is 34.9 Å². The lowest BCUT2D eigenvalue weighted by Crippen LogP contribution is -2.32. The molecule has 1 atom stereocenters. The van der Waals surface area contributed by atoms with Crippen LogP contribution < -0.4 is 5.32 Å². The van der Waals surface area contributed by atoms with Crippen LogP contribution >= 0.6 is 0 Å². The van der Waals surface area contributed by atoms with Crippen LogP contribution in [0.25, 0.3) is 0 Å². The van der Waals surface area contributed by atoms with E-state index in [1.165, 1.54) is 36.1 Å². The molecule has 0 saturated carbocycles. The van der Waals surface area contributed by atoms with Crippen LogP contribution in [-0.2, 0) is 11.3 Å². The maximum absolute atomic E-state index is 5.88. The minimum atomic E-state index is 0.702. The first kappa shape index (κ1) is 12.6. The summed E-state index contributed by atoms with van der Waals surface area (Å²) < 4.78 is 5.88. The smallest absolute Gasteiger partial charge is 0.0722 e. The third kappa shape index (κ3) is 3.55. The molecule has 0 bridgehead atoms. The molecule has 2 rings (SSSR count). The fourth-order valence-electron chi connectivity index (χ4n) is 2.47. The quantitative estimate of drug-likeness (QED) is 0.863. The maximum Gasteiger partial charge on any atom is 0.0722 e. The maximum atomic E-state index is 5.88. The Balaban J connectivity index is 1.81. The van der Waals surface area contributed by atoms with Gasteiger partial charge in [-0.3, -0.25) is 0 Å². The van der Waals surface area contributed by atoms with Crippen LogP contribution in [0.1, 0.15) is 29.5 Å². The third-order valence-corrected chi connectivity index (χ3v) is 3.64. The van der Waals surface area contributed by atoms with E-state index in [0.717, 1.165) is 19.8 Å². The van der Waals surface area contributed by atoms with Gasteiger partial charge in [0.2, 0.25) is 0 Å². The molecule has 1 unspecified atom stereocenters. The summed E-state index contributed by atoms with van der Waals surface area (Å²) in [6.07, 6.45) is 2.59. The molecule has 2 heteroatoms. The molecule has 0 aliphatic carbocycles. The van der Waals surface area contributed by atoms with Gasteiger partial charge in [-0.05, 0) is 55.8 Å². The molecule has 1 N–H and O–H groups in total. The van der Waals surface area contributed by atoms with Gasteiger partial charge in [-0.25, -0.2) is 0 Å². The molecule has 2 nitrogen and oxygen atoms in total. The van der Waals surface area contributed by atoms with E-state index in [9.17, 15) is 0 Å². The Morgan fingerprint density at radius 2 is 2.06 bits per heavy atom. The van der Waals surface area contributed by atoms with Gasteiger partial charge in [0.25, 0.3) is 0 Å². The van der Waals surface area contributed by atoms with Gasteiger partial charge in [0, 0.05) is 6.54 Å². The second-order valence-electron chi connectivity index (χ2n) is 5.10. The molecule has 0 aromatic heterocycles. The predicted molar refractivity (Wildman–Crippen MR) is 71.2 cm³/mol. The average Bonchev–Trinajstić information content (AvgIpc) is 2.34. The van der Waals surface area contributed by atoms with Gasteiger partial charge < -0.3 is 10.1 Å². The highest BCUT2D eigenvalue weighted by molar-refractivity contribution is 5.32. The number of aryl methyl sites for hydroxylation is 2. The monoisotopic (exact) mass is 233 g/mol. The molecule has 0 radical (unpaired) electrons. The van der Waals surface area contributed by atoms with Crippen LogP contribution in [0.4, 0.5) is 0 Å². The fraction of sp³-hybridized carbons (Fsp3) is 0.600. The summed E-state index contributed by atoms with van der Waals surface area (Å²) in [4.78, 5) is 0. The van der Waals surface area contributed by atoms with Crippen molar-refractivity contribution < 1.29 is 4.74 Å². The predicted octanol–water partition coefficient (Wildman–Crippen LogP) is 2.82. The van der Waals surface area contributed by atoms with Crippen molar-refractivity contribution in [1.82, 2.24) is 5.32 Å². The summed E-state index contributed by atoms with van der Waals surface area (Å²) in [5.74, 6) is 0.702. The van der Waals surface area contributed by atoms with Gasteiger partial charge in [0.05, 0.1) is 13.2 Å². The first-order valence-electron chi connectivity index (χ1n) is 6.61. The summed E-state index contributed by atoms with van der Waals surface area (Å²) in [6.45, 7) is 8.26. The lowest BCUT2D eigenvalue weighted by molar-refractivity contribution is 0.0777. The van der Waals surface area contributed by atoms with Crippen LogP contribution in [-0.4, -0.2) is 19.7 Å². The highest BCUT2D eigenvalue weighted by atomic mass is 16.5. The number of nitrogens with one attached hydrogen (secondary N) is 1. The second kappa shape index (κ2) is 6.18. The number of ether oxygens (including phenoxy) is 1. The minimum absolute atomic E-state index is 0.702. The minimum Gasteiger partial charge on any atom is -0.376 e. The Bertz CT molecular complexity index is 336. The van der Waals surface area contributed by atoms with E-state index in [1.807, 2.05) is 0 Å². The SMILES string of the molecule is Cc1cccc(C)c1COCC1CCCNC1. The van der Waals surface area contributed by atoms with Crippen LogP contribution in [0.5, 0.6) is 0 Å². The zero-order valence-electron chi connectivity index (χ0n) is 11.0. The van der Waals surface area contributed by atoms with Gasteiger partial charge in [-0.2, -0.15) is 0 Å². The molecule has 1 aliphatic heterocycles. The van der Waals surface area contributed by atoms with E-state index in [1.54, 1.807) is 0 Å². The van der Waals surface area contributed by atoms with Crippen molar-refractivity contribution >= 4 is 0 Å². The first-order valence-corrected chi connectivity index (χ1v) is 6.61. The summed E-state index contributed by atoms with van der Waals surface area (Å²) in [7, 11) is 0. The van der Waals surface area contributed by atoms with Gasteiger partial charge >= 0.3 is 0 Å². The number of rotatable bonds is 4. The standard InChI is InChI=1S/C15H23NO/c1-12-5-3-6-13(2)15(12)11-17-10-14-7-4-8-16-9-14/h3,5-6,14,16H,4,7-11H2,1-2H3. The van der Waals surface area contributed by atoms with Gasteiger partial charge in [-0.15, -0.1) is 0 Å². The molecular formula is C15H23NO. The average molecular weight is 233 g/mol. The summed E-state index contributed by atoms with van der Waals surface area (Å²) >= 11 is 0. The van der Waals surface area contributed by atoms with E-state index in [-0.39, 0.29) is 0 Å². The lowest BCUT2D eigenvalue weighted by Gasteiger charge is -2.22. The van der Waals surface area contributed by atoms with Gasteiger partial charge in [-0.1, -0.05) is 18.2 Å². The molecule has 94 valence electrons. The van der Waals surface area contributed by atoms with E-state index < -0.39 is 0 Å². The van der Waals surface area contributed by atoms with Crippen molar-refractivity contribution in [3.8, 4) is 0 Å². The molecule has 1 heterocycles. The number of hydrogen-bond donors (Lipinski definition) is 1. The lowest BCUT2D eigenvalue weighted by atomic mass is 10.0. The molecule has 17 heavy (non-hydrogen) atoms. The molecule has 1 aliphatic rings. The molecule has 1 aromatic rings. The van der Waals surface area contributed by atoms with Crippen molar-refractivity contribution in [2.75, 3.05) is 19.7 Å². The van der Waals surface area contributed by atoms with Crippen LogP contribution in [0.15, 0.2) is 18.2 Å².